The maximum absolute atomic E-state index is 14.3. The first kappa shape index (κ1) is 17.7. The molecular weight excluding hydrogens is 357 g/mol. The van der Waals surface area contributed by atoms with Crippen LogP contribution in [0.15, 0.2) is 11.0 Å². The molecule has 0 aromatic carbocycles. The normalized spacial score (nSPS) is 30.2. The zero-order valence-electron chi connectivity index (χ0n) is 12.9. The van der Waals surface area contributed by atoms with Gasteiger partial charge < -0.3 is 26.4 Å². The molecule has 0 aliphatic carbocycles. The number of nitrogen functional groups attached to an aromatic ring is 1. The first-order valence-electron chi connectivity index (χ1n) is 7.19. The second-order valence-electron chi connectivity index (χ2n) is 5.83. The average molecular weight is 372 g/mol. The standard InChI is InChI=1S/C14H15ClFN5O4/c1-5(22)8-9(23)14(18,2-3-15)12(25-8)21-4-6(16)7-10(21)19-13(17)20-11(7)24/h4-5,8-9,12,22-23H,18H2,1H3,(H3,17,19,20,24)/t5-,8-,9?,12-,14-/m1/s1. The smallest absolute Gasteiger partial charge is 0.264 e. The number of nitrogens with one attached hydrogen (secondary N) is 1. The molecular formula is C14H15ClFN5O4. The van der Waals surface area contributed by atoms with E-state index >= 15 is 0 Å². The molecule has 1 unspecified atom stereocenters. The highest BCUT2D eigenvalue weighted by molar-refractivity contribution is 6.30. The Hall–Kier alpha value is -2.16. The molecule has 0 radical (unpaired) electrons. The van der Waals surface area contributed by atoms with Crippen LogP contribution in [0.4, 0.5) is 10.3 Å². The lowest BCUT2D eigenvalue weighted by Gasteiger charge is -2.27. The van der Waals surface area contributed by atoms with Gasteiger partial charge in [-0.05, 0) is 18.5 Å². The van der Waals surface area contributed by atoms with Crippen molar-refractivity contribution in [2.45, 2.75) is 37.0 Å². The molecule has 1 aliphatic rings. The summed E-state index contributed by atoms with van der Waals surface area (Å²) in [5.41, 5.74) is 8.96. The van der Waals surface area contributed by atoms with Gasteiger partial charge in [0.1, 0.15) is 17.6 Å². The lowest BCUT2D eigenvalue weighted by atomic mass is 9.90. The second-order valence-corrected chi connectivity index (χ2v) is 6.01. The van der Waals surface area contributed by atoms with Crippen LogP contribution in [-0.2, 0) is 4.74 Å². The van der Waals surface area contributed by atoms with E-state index in [2.05, 4.69) is 21.3 Å². The van der Waals surface area contributed by atoms with Crippen LogP contribution < -0.4 is 17.0 Å². The van der Waals surface area contributed by atoms with E-state index in [4.69, 9.17) is 27.8 Å². The van der Waals surface area contributed by atoms with Gasteiger partial charge in [0.2, 0.25) is 5.95 Å². The number of fused-ring (bicyclic) bond motifs is 1. The number of H-pyrrole nitrogens is 1. The number of aromatic amines is 1. The molecule has 0 bridgehead atoms. The van der Waals surface area contributed by atoms with Crippen molar-refractivity contribution in [3.8, 4) is 11.3 Å². The van der Waals surface area contributed by atoms with E-state index in [-0.39, 0.29) is 17.0 Å². The van der Waals surface area contributed by atoms with Crippen LogP contribution in [0.3, 0.4) is 0 Å². The molecule has 1 aliphatic heterocycles. The third kappa shape index (κ3) is 2.57. The van der Waals surface area contributed by atoms with Crippen molar-refractivity contribution in [2.75, 3.05) is 5.73 Å². The SMILES string of the molecule is C[C@@H](O)[C@H]1O[C@@H](n2cc(F)c3c(=O)[nH]c(N)nc32)[C@@](N)(C#CCl)C1O. The highest BCUT2D eigenvalue weighted by Gasteiger charge is 2.56. The van der Waals surface area contributed by atoms with E-state index in [9.17, 15) is 19.4 Å². The number of halogens is 2. The molecule has 2 aromatic rings. The number of aliphatic hydroxyl groups excluding tert-OH is 2. The molecule has 9 nitrogen and oxygen atoms in total. The first-order valence-corrected chi connectivity index (χ1v) is 7.57. The predicted molar refractivity (Wildman–Crippen MR) is 86.9 cm³/mol. The number of hydrogen-bond donors (Lipinski definition) is 5. The highest BCUT2D eigenvalue weighted by atomic mass is 35.5. The summed E-state index contributed by atoms with van der Waals surface area (Å²) in [4.78, 5) is 18.0. The molecule has 1 saturated heterocycles. The molecule has 0 amide bonds. The minimum Gasteiger partial charge on any atom is -0.391 e. The topological polar surface area (TPSA) is 152 Å². The number of aliphatic hydroxyl groups is 2. The van der Waals surface area contributed by atoms with E-state index in [0.29, 0.717) is 0 Å². The highest BCUT2D eigenvalue weighted by Crippen LogP contribution is 2.39. The van der Waals surface area contributed by atoms with Gasteiger partial charge in [-0.1, -0.05) is 5.92 Å². The van der Waals surface area contributed by atoms with Crippen molar-refractivity contribution in [2.24, 2.45) is 5.73 Å². The fourth-order valence-electron chi connectivity index (χ4n) is 2.95. The molecule has 11 heteroatoms. The summed E-state index contributed by atoms with van der Waals surface area (Å²) < 4.78 is 21.0. The van der Waals surface area contributed by atoms with E-state index in [1.54, 1.807) is 0 Å². The van der Waals surface area contributed by atoms with Crippen LogP contribution in [0.1, 0.15) is 13.2 Å². The van der Waals surface area contributed by atoms with E-state index < -0.39 is 41.5 Å². The Balaban J connectivity index is 2.25. The molecule has 25 heavy (non-hydrogen) atoms. The summed E-state index contributed by atoms with van der Waals surface area (Å²) in [6.07, 6.45) is -4.01. The van der Waals surface area contributed by atoms with Gasteiger partial charge >= 0.3 is 0 Å². The van der Waals surface area contributed by atoms with Crippen molar-refractivity contribution in [3.05, 3.63) is 22.4 Å². The molecule has 3 heterocycles. The predicted octanol–water partition coefficient (Wildman–Crippen LogP) is -1.02. The van der Waals surface area contributed by atoms with Gasteiger partial charge in [0.25, 0.3) is 5.56 Å². The lowest BCUT2D eigenvalue weighted by Crippen LogP contribution is -2.54. The number of rotatable bonds is 2. The number of hydrogen-bond acceptors (Lipinski definition) is 7. The molecule has 7 N–H and O–H groups in total. The monoisotopic (exact) mass is 371 g/mol. The Labute approximate surface area is 145 Å². The third-order valence-electron chi connectivity index (χ3n) is 4.14. The minimum atomic E-state index is -1.79. The average Bonchev–Trinajstić information content (AvgIpc) is 2.96. The van der Waals surface area contributed by atoms with Crippen molar-refractivity contribution >= 4 is 28.6 Å². The van der Waals surface area contributed by atoms with Gasteiger partial charge in [0.05, 0.1) is 6.10 Å². The summed E-state index contributed by atoms with van der Waals surface area (Å²) in [5, 5.41) is 22.0. The van der Waals surface area contributed by atoms with Crippen LogP contribution in [0.2, 0.25) is 0 Å². The molecule has 3 rings (SSSR count). The van der Waals surface area contributed by atoms with Gasteiger partial charge in [-0.25, -0.2) is 4.39 Å². The molecule has 2 aromatic heterocycles. The molecule has 0 spiro atoms. The Morgan fingerprint density at radius 1 is 1.64 bits per heavy atom. The first-order chi connectivity index (χ1) is 11.7. The summed E-state index contributed by atoms with van der Waals surface area (Å²) in [7, 11) is 0. The number of aromatic nitrogens is 3. The van der Waals surface area contributed by atoms with Crippen LogP contribution in [0, 0.1) is 17.1 Å². The lowest BCUT2D eigenvalue weighted by molar-refractivity contribution is -0.0756. The van der Waals surface area contributed by atoms with E-state index in [0.717, 1.165) is 10.8 Å². The van der Waals surface area contributed by atoms with E-state index in [1.165, 1.54) is 6.92 Å². The zero-order valence-corrected chi connectivity index (χ0v) is 13.7. The molecule has 134 valence electrons. The number of anilines is 1. The summed E-state index contributed by atoms with van der Waals surface area (Å²) in [6, 6.07) is 0. The van der Waals surface area contributed by atoms with Gasteiger partial charge in [-0.15, -0.1) is 0 Å². The zero-order chi connectivity index (χ0) is 18.5. The minimum absolute atomic E-state index is 0.145. The Morgan fingerprint density at radius 3 is 2.92 bits per heavy atom. The van der Waals surface area contributed by atoms with Gasteiger partial charge in [-0.2, -0.15) is 4.98 Å². The van der Waals surface area contributed by atoms with Crippen LogP contribution in [0.25, 0.3) is 11.0 Å². The van der Waals surface area contributed by atoms with Crippen LogP contribution >= 0.6 is 11.6 Å². The number of nitrogens with two attached hydrogens (primary N) is 2. The maximum atomic E-state index is 14.3. The summed E-state index contributed by atoms with van der Waals surface area (Å²) >= 11 is 5.45. The number of ether oxygens (including phenoxy) is 1. The van der Waals surface area contributed by atoms with E-state index in [1.807, 2.05) is 0 Å². The van der Waals surface area contributed by atoms with Crippen molar-refractivity contribution < 1.29 is 19.3 Å². The summed E-state index contributed by atoms with van der Waals surface area (Å²) in [6.45, 7) is 1.39. The Bertz CT molecular complexity index is 948. The van der Waals surface area contributed by atoms with Gasteiger partial charge in [0.15, 0.2) is 23.2 Å². The van der Waals surface area contributed by atoms with Crippen LogP contribution in [-0.4, -0.2) is 48.6 Å². The quantitative estimate of drug-likeness (QED) is 0.424. The second kappa shape index (κ2) is 5.98. The van der Waals surface area contributed by atoms with Crippen LogP contribution in [0.5, 0.6) is 0 Å². The molecule has 0 saturated carbocycles. The largest absolute Gasteiger partial charge is 0.391 e. The van der Waals surface area contributed by atoms with Crippen molar-refractivity contribution in [3.63, 3.8) is 0 Å². The third-order valence-corrected chi connectivity index (χ3v) is 4.24. The van der Waals surface area contributed by atoms with Gasteiger partial charge in [-0.3, -0.25) is 14.3 Å². The van der Waals surface area contributed by atoms with Crippen molar-refractivity contribution in [1.82, 2.24) is 14.5 Å². The van der Waals surface area contributed by atoms with Gasteiger partial charge in [0, 0.05) is 11.6 Å². The fourth-order valence-corrected chi connectivity index (χ4v) is 3.12. The van der Waals surface area contributed by atoms with Crippen molar-refractivity contribution in [1.29, 1.82) is 0 Å². The maximum Gasteiger partial charge on any atom is 0.264 e. The Morgan fingerprint density at radius 2 is 2.32 bits per heavy atom. The fraction of sp³-hybridized carbons (Fsp3) is 0.429. The Kier molecular flexibility index (Phi) is 4.22. The molecule has 1 fully saturated rings. The molecule has 5 atom stereocenters. The number of nitrogens with zero attached hydrogens (tertiary/aromatic N) is 2. The summed E-state index contributed by atoms with van der Waals surface area (Å²) in [5.74, 6) is 1.30.